The minimum absolute atomic E-state index is 0.336. The van der Waals surface area contributed by atoms with E-state index in [0.29, 0.717) is 12.1 Å². The number of H-pyrrole nitrogens is 1. The molecule has 1 aromatic heterocycles. The van der Waals surface area contributed by atoms with Crippen LogP contribution in [0, 0.1) is 20.8 Å². The molecule has 0 bridgehead atoms. The standard InChI is InChI=1S/C15H19N3O2/c1-9-5-6-14(12(7-9)15(19)20-4)16-8-13-10(2)17-18-11(13)3/h5-7,16H,8H2,1-4H3,(H,17,18). The van der Waals surface area contributed by atoms with Gasteiger partial charge in [-0.3, -0.25) is 5.10 Å². The van der Waals surface area contributed by atoms with E-state index in [0.717, 1.165) is 28.2 Å². The number of anilines is 1. The molecule has 2 aromatic rings. The van der Waals surface area contributed by atoms with Crippen molar-refractivity contribution in [2.75, 3.05) is 12.4 Å². The maximum Gasteiger partial charge on any atom is 0.339 e. The summed E-state index contributed by atoms with van der Waals surface area (Å²) in [5, 5.41) is 10.4. The van der Waals surface area contributed by atoms with E-state index in [-0.39, 0.29) is 5.97 Å². The molecule has 0 spiro atoms. The van der Waals surface area contributed by atoms with Crippen molar-refractivity contribution in [1.29, 1.82) is 0 Å². The lowest BCUT2D eigenvalue weighted by molar-refractivity contribution is 0.0601. The predicted octanol–water partition coefficient (Wildman–Crippen LogP) is 2.73. The number of benzene rings is 1. The number of aromatic nitrogens is 2. The lowest BCUT2D eigenvalue weighted by Crippen LogP contribution is -2.09. The molecule has 5 heteroatoms. The van der Waals surface area contributed by atoms with E-state index in [1.807, 2.05) is 39.0 Å². The fraction of sp³-hybridized carbons (Fsp3) is 0.333. The SMILES string of the molecule is COC(=O)c1cc(C)ccc1NCc1c(C)n[nH]c1C. The van der Waals surface area contributed by atoms with Gasteiger partial charge in [-0.1, -0.05) is 11.6 Å². The van der Waals surface area contributed by atoms with E-state index in [2.05, 4.69) is 15.5 Å². The third kappa shape index (κ3) is 2.82. The summed E-state index contributed by atoms with van der Waals surface area (Å²) in [5.41, 5.74) is 5.44. The molecule has 0 aliphatic carbocycles. The molecule has 20 heavy (non-hydrogen) atoms. The van der Waals surface area contributed by atoms with Gasteiger partial charge in [0, 0.05) is 23.5 Å². The summed E-state index contributed by atoms with van der Waals surface area (Å²) in [4.78, 5) is 11.8. The summed E-state index contributed by atoms with van der Waals surface area (Å²) >= 11 is 0. The molecule has 0 atom stereocenters. The highest BCUT2D eigenvalue weighted by molar-refractivity contribution is 5.95. The number of ether oxygens (including phenoxy) is 1. The zero-order valence-corrected chi connectivity index (χ0v) is 12.2. The minimum Gasteiger partial charge on any atom is -0.465 e. The van der Waals surface area contributed by atoms with Crippen LogP contribution < -0.4 is 5.32 Å². The number of aryl methyl sites for hydroxylation is 3. The van der Waals surface area contributed by atoms with Gasteiger partial charge in [-0.05, 0) is 32.9 Å². The maximum atomic E-state index is 11.8. The van der Waals surface area contributed by atoms with Gasteiger partial charge in [0.05, 0.1) is 18.4 Å². The van der Waals surface area contributed by atoms with E-state index in [9.17, 15) is 4.79 Å². The Balaban J connectivity index is 2.23. The number of esters is 1. The second-order valence-electron chi connectivity index (χ2n) is 4.81. The third-order valence-electron chi connectivity index (χ3n) is 3.32. The average molecular weight is 273 g/mol. The molecule has 1 aromatic carbocycles. The molecule has 0 radical (unpaired) electrons. The summed E-state index contributed by atoms with van der Waals surface area (Å²) in [6.45, 7) is 6.49. The second-order valence-corrected chi connectivity index (χ2v) is 4.81. The highest BCUT2D eigenvalue weighted by Gasteiger charge is 2.13. The number of hydrogen-bond donors (Lipinski definition) is 2. The molecule has 2 N–H and O–H groups in total. The zero-order chi connectivity index (χ0) is 14.7. The first-order chi connectivity index (χ1) is 9.52. The van der Waals surface area contributed by atoms with Gasteiger partial charge in [-0.25, -0.2) is 4.79 Å². The molecule has 0 saturated heterocycles. The van der Waals surface area contributed by atoms with Crippen molar-refractivity contribution in [3.05, 3.63) is 46.3 Å². The summed E-state index contributed by atoms with van der Waals surface area (Å²) < 4.78 is 4.82. The van der Waals surface area contributed by atoms with Crippen molar-refractivity contribution in [3.63, 3.8) is 0 Å². The molecular formula is C15H19N3O2. The number of nitrogens with one attached hydrogen (secondary N) is 2. The molecule has 106 valence electrons. The predicted molar refractivity (Wildman–Crippen MR) is 77.9 cm³/mol. The first kappa shape index (κ1) is 14.1. The van der Waals surface area contributed by atoms with Crippen LogP contribution in [-0.4, -0.2) is 23.3 Å². The number of methoxy groups -OCH3 is 1. The van der Waals surface area contributed by atoms with Gasteiger partial charge < -0.3 is 10.1 Å². The Morgan fingerprint density at radius 1 is 1.35 bits per heavy atom. The number of aromatic amines is 1. The van der Waals surface area contributed by atoms with Gasteiger partial charge >= 0.3 is 5.97 Å². The van der Waals surface area contributed by atoms with Crippen LogP contribution in [0.5, 0.6) is 0 Å². The average Bonchev–Trinajstić information content (AvgIpc) is 2.76. The molecular weight excluding hydrogens is 254 g/mol. The Morgan fingerprint density at radius 3 is 2.70 bits per heavy atom. The van der Waals surface area contributed by atoms with Crippen molar-refractivity contribution >= 4 is 11.7 Å². The van der Waals surface area contributed by atoms with Gasteiger partial charge in [-0.2, -0.15) is 5.10 Å². The topological polar surface area (TPSA) is 67.0 Å². The minimum atomic E-state index is -0.336. The van der Waals surface area contributed by atoms with Crippen LogP contribution in [0.4, 0.5) is 5.69 Å². The maximum absolute atomic E-state index is 11.8. The molecule has 0 saturated carbocycles. The van der Waals surface area contributed by atoms with Gasteiger partial charge in [0.15, 0.2) is 0 Å². The summed E-state index contributed by atoms with van der Waals surface area (Å²) in [6.07, 6.45) is 0. The van der Waals surface area contributed by atoms with Crippen LogP contribution in [0.1, 0.15) is 32.9 Å². The summed E-state index contributed by atoms with van der Waals surface area (Å²) in [7, 11) is 1.39. The number of carbonyl (C=O) groups is 1. The molecule has 0 aliphatic rings. The number of nitrogens with zero attached hydrogens (tertiary/aromatic N) is 1. The molecule has 1 heterocycles. The molecule has 5 nitrogen and oxygen atoms in total. The summed E-state index contributed by atoms with van der Waals surface area (Å²) in [5.74, 6) is -0.336. The van der Waals surface area contributed by atoms with Crippen molar-refractivity contribution in [2.45, 2.75) is 27.3 Å². The van der Waals surface area contributed by atoms with Crippen molar-refractivity contribution < 1.29 is 9.53 Å². The van der Waals surface area contributed by atoms with Gasteiger partial charge in [0.2, 0.25) is 0 Å². The molecule has 0 unspecified atom stereocenters. The second kappa shape index (κ2) is 5.77. The van der Waals surface area contributed by atoms with Crippen LogP contribution in [0.2, 0.25) is 0 Å². The normalized spacial score (nSPS) is 10.4. The molecule has 0 aliphatic heterocycles. The fourth-order valence-electron chi connectivity index (χ4n) is 2.11. The number of carbonyl (C=O) groups excluding carboxylic acids is 1. The highest BCUT2D eigenvalue weighted by atomic mass is 16.5. The van der Waals surface area contributed by atoms with Crippen LogP contribution in [0.25, 0.3) is 0 Å². The van der Waals surface area contributed by atoms with Crippen LogP contribution >= 0.6 is 0 Å². The highest BCUT2D eigenvalue weighted by Crippen LogP contribution is 2.20. The van der Waals surface area contributed by atoms with E-state index >= 15 is 0 Å². The summed E-state index contributed by atoms with van der Waals surface area (Å²) in [6, 6.07) is 5.68. The van der Waals surface area contributed by atoms with E-state index in [4.69, 9.17) is 4.74 Å². The van der Waals surface area contributed by atoms with E-state index < -0.39 is 0 Å². The Morgan fingerprint density at radius 2 is 2.10 bits per heavy atom. The Labute approximate surface area is 118 Å². The largest absolute Gasteiger partial charge is 0.465 e. The van der Waals surface area contributed by atoms with Crippen molar-refractivity contribution in [1.82, 2.24) is 10.2 Å². The smallest absolute Gasteiger partial charge is 0.339 e. The van der Waals surface area contributed by atoms with Gasteiger partial charge in [0.25, 0.3) is 0 Å². The van der Waals surface area contributed by atoms with E-state index in [1.54, 1.807) is 0 Å². The lowest BCUT2D eigenvalue weighted by Gasteiger charge is -2.11. The van der Waals surface area contributed by atoms with E-state index in [1.165, 1.54) is 7.11 Å². The number of hydrogen-bond acceptors (Lipinski definition) is 4. The molecule has 0 fully saturated rings. The Bertz CT molecular complexity index is 613. The van der Waals surface area contributed by atoms with Gasteiger partial charge in [-0.15, -0.1) is 0 Å². The Hall–Kier alpha value is -2.30. The monoisotopic (exact) mass is 273 g/mol. The van der Waals surface area contributed by atoms with Crippen LogP contribution in [0.3, 0.4) is 0 Å². The Kier molecular flexibility index (Phi) is 4.08. The van der Waals surface area contributed by atoms with Gasteiger partial charge in [0.1, 0.15) is 0 Å². The quantitative estimate of drug-likeness (QED) is 0.841. The number of rotatable bonds is 4. The van der Waals surface area contributed by atoms with Crippen LogP contribution in [-0.2, 0) is 11.3 Å². The first-order valence-electron chi connectivity index (χ1n) is 6.46. The van der Waals surface area contributed by atoms with Crippen molar-refractivity contribution in [2.24, 2.45) is 0 Å². The molecule has 0 amide bonds. The molecule has 2 rings (SSSR count). The van der Waals surface area contributed by atoms with Crippen LogP contribution in [0.15, 0.2) is 18.2 Å². The fourth-order valence-corrected chi connectivity index (χ4v) is 2.11. The zero-order valence-electron chi connectivity index (χ0n) is 12.2. The first-order valence-corrected chi connectivity index (χ1v) is 6.46. The lowest BCUT2D eigenvalue weighted by atomic mass is 10.1. The third-order valence-corrected chi connectivity index (χ3v) is 3.32. The van der Waals surface area contributed by atoms with Crippen molar-refractivity contribution in [3.8, 4) is 0 Å².